The van der Waals surface area contributed by atoms with Crippen LogP contribution in [0.25, 0.3) is 0 Å². The molecule has 1 aromatic heterocycles. The van der Waals surface area contributed by atoms with Gasteiger partial charge in [-0.25, -0.2) is 4.98 Å². The third-order valence-corrected chi connectivity index (χ3v) is 4.12. The number of thiazole rings is 1. The number of piperidine rings is 1. The summed E-state index contributed by atoms with van der Waals surface area (Å²) in [6.07, 6.45) is 5.95. The highest BCUT2D eigenvalue weighted by Crippen LogP contribution is 2.21. The first-order valence-electron chi connectivity index (χ1n) is 6.14. The Hall–Kier alpha value is -0.450. The SMILES string of the molecule is CNCCC1CCN(Cc2nccs2)CC1. The van der Waals surface area contributed by atoms with Crippen LogP contribution >= 0.6 is 11.3 Å². The van der Waals surface area contributed by atoms with Crippen LogP contribution < -0.4 is 5.32 Å². The minimum Gasteiger partial charge on any atom is -0.320 e. The highest BCUT2D eigenvalue weighted by atomic mass is 32.1. The molecule has 1 aromatic rings. The van der Waals surface area contributed by atoms with Gasteiger partial charge in [0.15, 0.2) is 0 Å². The van der Waals surface area contributed by atoms with Gasteiger partial charge in [0.2, 0.25) is 0 Å². The lowest BCUT2D eigenvalue weighted by Crippen LogP contribution is -2.34. The molecular weight excluding hydrogens is 218 g/mol. The fourth-order valence-corrected chi connectivity index (χ4v) is 2.96. The van der Waals surface area contributed by atoms with Gasteiger partial charge in [0.1, 0.15) is 5.01 Å². The maximum atomic E-state index is 4.35. The summed E-state index contributed by atoms with van der Waals surface area (Å²) in [5.74, 6) is 0.931. The van der Waals surface area contributed by atoms with Crippen molar-refractivity contribution < 1.29 is 0 Å². The molecule has 1 aliphatic heterocycles. The number of aromatic nitrogens is 1. The van der Waals surface area contributed by atoms with E-state index < -0.39 is 0 Å². The van der Waals surface area contributed by atoms with Gasteiger partial charge >= 0.3 is 0 Å². The fourth-order valence-electron chi connectivity index (χ4n) is 2.30. The van der Waals surface area contributed by atoms with Crippen molar-refractivity contribution in [2.75, 3.05) is 26.7 Å². The van der Waals surface area contributed by atoms with E-state index in [1.807, 2.05) is 13.2 Å². The normalized spacial score (nSPS) is 19.1. The summed E-state index contributed by atoms with van der Waals surface area (Å²) in [6.45, 7) is 4.70. The van der Waals surface area contributed by atoms with Gasteiger partial charge in [-0.15, -0.1) is 11.3 Å². The van der Waals surface area contributed by atoms with E-state index in [2.05, 4.69) is 20.6 Å². The summed E-state index contributed by atoms with van der Waals surface area (Å²) < 4.78 is 0. The molecule has 2 heterocycles. The van der Waals surface area contributed by atoms with Gasteiger partial charge in [-0.05, 0) is 51.9 Å². The molecule has 0 atom stereocenters. The standard InChI is InChI=1S/C12H21N3S/c1-13-5-2-11-3-7-15(8-4-11)10-12-14-6-9-16-12/h6,9,11,13H,2-5,7-8,10H2,1H3. The summed E-state index contributed by atoms with van der Waals surface area (Å²) in [6, 6.07) is 0. The molecule has 3 nitrogen and oxygen atoms in total. The maximum absolute atomic E-state index is 4.35. The van der Waals surface area contributed by atoms with Gasteiger partial charge in [0.25, 0.3) is 0 Å². The molecule has 0 amide bonds. The Morgan fingerprint density at radius 2 is 2.31 bits per heavy atom. The second-order valence-electron chi connectivity index (χ2n) is 4.54. The van der Waals surface area contributed by atoms with Crippen LogP contribution in [0, 0.1) is 5.92 Å². The van der Waals surface area contributed by atoms with Crippen LogP contribution in [0.3, 0.4) is 0 Å². The van der Waals surface area contributed by atoms with Crippen molar-refractivity contribution in [3.63, 3.8) is 0 Å². The summed E-state index contributed by atoms with van der Waals surface area (Å²) in [7, 11) is 2.04. The average molecular weight is 239 g/mol. The molecule has 0 bridgehead atoms. The first-order chi connectivity index (χ1) is 7.88. The predicted molar refractivity (Wildman–Crippen MR) is 68.7 cm³/mol. The molecule has 0 spiro atoms. The number of rotatable bonds is 5. The molecule has 0 aliphatic carbocycles. The Kier molecular flexibility index (Phi) is 4.75. The zero-order chi connectivity index (χ0) is 11.2. The number of hydrogen-bond acceptors (Lipinski definition) is 4. The zero-order valence-electron chi connectivity index (χ0n) is 9.98. The lowest BCUT2D eigenvalue weighted by atomic mass is 9.93. The second kappa shape index (κ2) is 6.33. The second-order valence-corrected chi connectivity index (χ2v) is 5.52. The molecule has 0 radical (unpaired) electrons. The van der Waals surface area contributed by atoms with Gasteiger partial charge in [-0.3, -0.25) is 4.90 Å². The Morgan fingerprint density at radius 3 is 2.94 bits per heavy atom. The fraction of sp³-hybridized carbons (Fsp3) is 0.750. The van der Waals surface area contributed by atoms with E-state index in [1.165, 1.54) is 37.4 Å². The topological polar surface area (TPSA) is 28.2 Å². The molecule has 16 heavy (non-hydrogen) atoms. The smallest absolute Gasteiger partial charge is 0.107 e. The van der Waals surface area contributed by atoms with E-state index in [4.69, 9.17) is 0 Å². The monoisotopic (exact) mass is 239 g/mol. The minimum absolute atomic E-state index is 0.931. The largest absolute Gasteiger partial charge is 0.320 e. The van der Waals surface area contributed by atoms with Crippen molar-refractivity contribution >= 4 is 11.3 Å². The molecule has 90 valence electrons. The quantitative estimate of drug-likeness (QED) is 0.851. The van der Waals surface area contributed by atoms with E-state index in [1.54, 1.807) is 11.3 Å². The van der Waals surface area contributed by atoms with Gasteiger partial charge in [0, 0.05) is 11.6 Å². The molecule has 4 heteroatoms. The first-order valence-corrected chi connectivity index (χ1v) is 7.02. The number of hydrogen-bond donors (Lipinski definition) is 1. The molecule has 1 saturated heterocycles. The van der Waals surface area contributed by atoms with Crippen molar-refractivity contribution in [3.05, 3.63) is 16.6 Å². The number of nitrogens with zero attached hydrogens (tertiary/aromatic N) is 2. The van der Waals surface area contributed by atoms with Gasteiger partial charge in [-0.1, -0.05) is 0 Å². The van der Waals surface area contributed by atoms with E-state index in [9.17, 15) is 0 Å². The van der Waals surface area contributed by atoms with Crippen LogP contribution in [0.2, 0.25) is 0 Å². The van der Waals surface area contributed by atoms with Crippen molar-refractivity contribution in [1.29, 1.82) is 0 Å². The van der Waals surface area contributed by atoms with Gasteiger partial charge in [-0.2, -0.15) is 0 Å². The Morgan fingerprint density at radius 1 is 1.50 bits per heavy atom. The lowest BCUT2D eigenvalue weighted by molar-refractivity contribution is 0.172. The molecule has 1 aliphatic rings. The molecule has 2 rings (SSSR count). The minimum atomic E-state index is 0.931. The third-order valence-electron chi connectivity index (χ3n) is 3.35. The van der Waals surface area contributed by atoms with Gasteiger partial charge < -0.3 is 5.32 Å². The van der Waals surface area contributed by atoms with Crippen molar-refractivity contribution in [2.45, 2.75) is 25.8 Å². The first kappa shape index (κ1) is 12.0. The summed E-state index contributed by atoms with van der Waals surface area (Å²) in [4.78, 5) is 6.88. The maximum Gasteiger partial charge on any atom is 0.107 e. The Bertz CT molecular complexity index is 278. The van der Waals surface area contributed by atoms with Crippen molar-refractivity contribution in [2.24, 2.45) is 5.92 Å². The molecule has 0 unspecified atom stereocenters. The molecule has 1 N–H and O–H groups in total. The highest BCUT2D eigenvalue weighted by Gasteiger charge is 2.19. The summed E-state index contributed by atoms with van der Waals surface area (Å²) >= 11 is 1.77. The van der Waals surface area contributed by atoms with Crippen molar-refractivity contribution in [3.8, 4) is 0 Å². The van der Waals surface area contributed by atoms with Crippen LogP contribution in [-0.2, 0) is 6.54 Å². The van der Waals surface area contributed by atoms with Crippen LogP contribution in [-0.4, -0.2) is 36.6 Å². The van der Waals surface area contributed by atoms with Crippen molar-refractivity contribution in [1.82, 2.24) is 15.2 Å². The summed E-state index contributed by atoms with van der Waals surface area (Å²) in [5.41, 5.74) is 0. The van der Waals surface area contributed by atoms with Crippen LogP contribution in [0.4, 0.5) is 0 Å². The summed E-state index contributed by atoms with van der Waals surface area (Å²) in [5, 5.41) is 6.56. The number of likely N-dealkylation sites (tertiary alicyclic amines) is 1. The van der Waals surface area contributed by atoms with Crippen LogP contribution in [0.15, 0.2) is 11.6 Å². The van der Waals surface area contributed by atoms with E-state index in [0.717, 1.165) is 19.0 Å². The predicted octanol–water partition coefficient (Wildman–Crippen LogP) is 1.96. The van der Waals surface area contributed by atoms with E-state index in [-0.39, 0.29) is 0 Å². The van der Waals surface area contributed by atoms with E-state index in [0.29, 0.717) is 0 Å². The molecule has 0 saturated carbocycles. The average Bonchev–Trinajstić information content (AvgIpc) is 2.81. The van der Waals surface area contributed by atoms with E-state index >= 15 is 0 Å². The Balaban J connectivity index is 1.69. The number of nitrogens with one attached hydrogen (secondary N) is 1. The third kappa shape index (κ3) is 3.54. The van der Waals surface area contributed by atoms with Gasteiger partial charge in [0.05, 0.1) is 6.54 Å². The lowest BCUT2D eigenvalue weighted by Gasteiger charge is -2.31. The highest BCUT2D eigenvalue weighted by molar-refractivity contribution is 7.09. The van der Waals surface area contributed by atoms with Crippen LogP contribution in [0.1, 0.15) is 24.3 Å². The Labute approximate surface area is 102 Å². The molecule has 1 fully saturated rings. The zero-order valence-corrected chi connectivity index (χ0v) is 10.8. The van der Waals surface area contributed by atoms with Crippen LogP contribution in [0.5, 0.6) is 0 Å². The molecular formula is C12H21N3S. The molecule has 0 aromatic carbocycles.